The van der Waals surface area contributed by atoms with Gasteiger partial charge in [0.25, 0.3) is 0 Å². The maximum atomic E-state index is 11.6. The normalized spacial score (nSPS) is 22.2. The maximum Gasteiger partial charge on any atom is 0.211 e. The fraction of sp³-hybridized carbons (Fsp3) is 0.800. The van der Waals surface area contributed by atoms with Gasteiger partial charge in [0.1, 0.15) is 5.82 Å². The molecule has 0 aliphatic carbocycles. The smallest absolute Gasteiger partial charge is 0.211 e. The first-order valence-corrected chi connectivity index (χ1v) is 8.29. The second kappa shape index (κ2) is 5.10. The van der Waals surface area contributed by atoms with Crippen LogP contribution in [0, 0.1) is 4.77 Å². The van der Waals surface area contributed by atoms with Gasteiger partial charge in [0.2, 0.25) is 10.0 Å². The Morgan fingerprint density at radius 2 is 2.28 bits per heavy atom. The zero-order chi connectivity index (χ0) is 13.3. The third-order valence-corrected chi connectivity index (χ3v) is 4.90. The van der Waals surface area contributed by atoms with E-state index in [1.165, 1.54) is 10.6 Å². The molecule has 0 amide bonds. The number of piperidine rings is 1. The minimum atomic E-state index is -3.12. The molecule has 2 heterocycles. The van der Waals surface area contributed by atoms with Crippen LogP contribution < -0.4 is 0 Å². The minimum Gasteiger partial charge on any atom is -0.304 e. The van der Waals surface area contributed by atoms with Crippen LogP contribution in [-0.4, -0.2) is 46.8 Å². The van der Waals surface area contributed by atoms with Gasteiger partial charge in [0, 0.05) is 25.6 Å². The molecule has 1 aliphatic rings. The zero-order valence-electron chi connectivity index (χ0n) is 10.6. The fourth-order valence-corrected chi connectivity index (χ4v) is 3.58. The number of aromatic amines is 1. The summed E-state index contributed by atoms with van der Waals surface area (Å²) in [5, 5.41) is 7.04. The summed E-state index contributed by atoms with van der Waals surface area (Å²) in [5.41, 5.74) is 0. The monoisotopic (exact) mass is 290 g/mol. The lowest BCUT2D eigenvalue weighted by molar-refractivity contribution is 0.306. The van der Waals surface area contributed by atoms with Crippen LogP contribution in [0.3, 0.4) is 0 Å². The Morgan fingerprint density at radius 3 is 2.89 bits per heavy atom. The van der Waals surface area contributed by atoms with Crippen molar-refractivity contribution >= 4 is 22.2 Å². The molecule has 0 spiro atoms. The summed E-state index contributed by atoms with van der Waals surface area (Å²) in [7, 11) is -3.12. The van der Waals surface area contributed by atoms with Crippen molar-refractivity contribution in [1.29, 1.82) is 0 Å². The number of aromatic nitrogens is 3. The van der Waals surface area contributed by atoms with E-state index in [4.69, 9.17) is 12.2 Å². The van der Waals surface area contributed by atoms with E-state index in [0.29, 0.717) is 17.9 Å². The molecule has 1 aromatic heterocycles. The standard InChI is InChI=1S/C10H18N4O2S2/c1-3-14-9(11-12-10(14)17)8-5-4-6-13(7-8)18(2,15)16/h8H,3-7H2,1-2H3,(H,12,17)/t8-/m1/s1. The van der Waals surface area contributed by atoms with Crippen molar-refractivity contribution in [3.05, 3.63) is 10.6 Å². The molecular weight excluding hydrogens is 272 g/mol. The second-order valence-corrected chi connectivity index (χ2v) is 6.96. The molecule has 0 unspecified atom stereocenters. The van der Waals surface area contributed by atoms with Crippen LogP contribution in [0.1, 0.15) is 31.5 Å². The first-order chi connectivity index (χ1) is 8.43. The van der Waals surface area contributed by atoms with Gasteiger partial charge in [-0.05, 0) is 32.0 Å². The highest BCUT2D eigenvalue weighted by Crippen LogP contribution is 2.26. The van der Waals surface area contributed by atoms with Gasteiger partial charge in [-0.15, -0.1) is 0 Å². The molecule has 1 aromatic rings. The van der Waals surface area contributed by atoms with Crippen LogP contribution >= 0.6 is 12.2 Å². The highest BCUT2D eigenvalue weighted by molar-refractivity contribution is 7.88. The van der Waals surface area contributed by atoms with Crippen molar-refractivity contribution < 1.29 is 8.42 Å². The van der Waals surface area contributed by atoms with Crippen molar-refractivity contribution in [3.8, 4) is 0 Å². The topological polar surface area (TPSA) is 71.0 Å². The van der Waals surface area contributed by atoms with E-state index in [9.17, 15) is 8.42 Å². The average molecular weight is 290 g/mol. The molecule has 1 aliphatic heterocycles. The summed E-state index contributed by atoms with van der Waals surface area (Å²) < 4.78 is 27.3. The third kappa shape index (κ3) is 2.65. The molecule has 102 valence electrons. The Hall–Kier alpha value is -0.730. The van der Waals surface area contributed by atoms with Gasteiger partial charge in [-0.2, -0.15) is 5.10 Å². The third-order valence-electron chi connectivity index (χ3n) is 3.32. The van der Waals surface area contributed by atoms with E-state index in [1.54, 1.807) is 0 Å². The Labute approximate surface area is 112 Å². The molecule has 18 heavy (non-hydrogen) atoms. The molecular formula is C10H18N4O2S2. The Kier molecular flexibility index (Phi) is 3.88. The lowest BCUT2D eigenvalue weighted by atomic mass is 9.99. The second-order valence-electron chi connectivity index (χ2n) is 4.59. The van der Waals surface area contributed by atoms with Gasteiger partial charge >= 0.3 is 0 Å². The van der Waals surface area contributed by atoms with Crippen LogP contribution in [0.5, 0.6) is 0 Å². The van der Waals surface area contributed by atoms with Crippen LogP contribution in [0.4, 0.5) is 0 Å². The Morgan fingerprint density at radius 1 is 1.56 bits per heavy atom. The van der Waals surface area contributed by atoms with Crippen LogP contribution in [0.25, 0.3) is 0 Å². The number of nitrogens with one attached hydrogen (secondary N) is 1. The van der Waals surface area contributed by atoms with E-state index in [1.807, 2.05) is 11.5 Å². The first kappa shape index (κ1) is 13.7. The summed E-state index contributed by atoms with van der Waals surface area (Å²) in [6, 6.07) is 0. The Balaban J connectivity index is 2.26. The molecule has 1 saturated heterocycles. The number of rotatable bonds is 3. The van der Waals surface area contributed by atoms with Crippen molar-refractivity contribution in [2.45, 2.75) is 32.2 Å². The zero-order valence-corrected chi connectivity index (χ0v) is 12.2. The number of H-pyrrole nitrogens is 1. The van der Waals surface area contributed by atoms with Gasteiger partial charge in [0.15, 0.2) is 4.77 Å². The molecule has 0 bridgehead atoms. The number of hydrogen-bond acceptors (Lipinski definition) is 4. The maximum absolute atomic E-state index is 11.6. The molecule has 1 fully saturated rings. The van der Waals surface area contributed by atoms with E-state index in [-0.39, 0.29) is 5.92 Å². The van der Waals surface area contributed by atoms with Gasteiger partial charge in [-0.1, -0.05) is 0 Å². The minimum absolute atomic E-state index is 0.126. The molecule has 1 atom stereocenters. The summed E-state index contributed by atoms with van der Waals surface area (Å²) in [4.78, 5) is 0. The molecule has 0 saturated carbocycles. The van der Waals surface area contributed by atoms with Gasteiger partial charge < -0.3 is 4.57 Å². The van der Waals surface area contributed by atoms with E-state index in [2.05, 4.69) is 10.2 Å². The number of sulfonamides is 1. The Bertz CT molecular complexity index is 575. The van der Waals surface area contributed by atoms with E-state index < -0.39 is 10.0 Å². The van der Waals surface area contributed by atoms with Gasteiger partial charge in [-0.25, -0.2) is 12.7 Å². The molecule has 2 rings (SSSR count). The summed E-state index contributed by atoms with van der Waals surface area (Å²) in [6.45, 7) is 3.86. The number of nitrogens with zero attached hydrogens (tertiary/aromatic N) is 3. The van der Waals surface area contributed by atoms with E-state index >= 15 is 0 Å². The van der Waals surface area contributed by atoms with E-state index in [0.717, 1.165) is 25.2 Å². The number of hydrogen-bond donors (Lipinski definition) is 1. The quantitative estimate of drug-likeness (QED) is 0.846. The van der Waals surface area contributed by atoms with Crippen molar-refractivity contribution in [1.82, 2.24) is 19.1 Å². The first-order valence-electron chi connectivity index (χ1n) is 6.03. The largest absolute Gasteiger partial charge is 0.304 e. The molecule has 8 heteroatoms. The lowest BCUT2D eigenvalue weighted by Gasteiger charge is -2.30. The molecule has 0 radical (unpaired) electrons. The predicted molar refractivity (Wildman–Crippen MR) is 71.5 cm³/mol. The SMILES string of the molecule is CCn1c([C@@H]2CCCN(S(C)(=O)=O)C2)n[nH]c1=S. The van der Waals surface area contributed by atoms with Crippen molar-refractivity contribution in [2.75, 3.05) is 19.3 Å². The van der Waals surface area contributed by atoms with Crippen LogP contribution in [-0.2, 0) is 16.6 Å². The molecule has 6 nitrogen and oxygen atoms in total. The van der Waals surface area contributed by atoms with Crippen LogP contribution in [0.2, 0.25) is 0 Å². The summed E-state index contributed by atoms with van der Waals surface area (Å²) >= 11 is 5.16. The average Bonchev–Trinajstić information content (AvgIpc) is 2.69. The summed E-state index contributed by atoms with van der Waals surface area (Å²) in [6.07, 6.45) is 3.07. The highest BCUT2D eigenvalue weighted by atomic mass is 32.2. The van der Waals surface area contributed by atoms with Crippen molar-refractivity contribution in [3.63, 3.8) is 0 Å². The van der Waals surface area contributed by atoms with Gasteiger partial charge in [0.05, 0.1) is 6.26 Å². The van der Waals surface area contributed by atoms with Crippen LogP contribution in [0.15, 0.2) is 0 Å². The highest BCUT2D eigenvalue weighted by Gasteiger charge is 2.29. The fourth-order valence-electron chi connectivity index (χ4n) is 2.40. The lowest BCUT2D eigenvalue weighted by Crippen LogP contribution is -2.39. The van der Waals surface area contributed by atoms with Crippen molar-refractivity contribution in [2.24, 2.45) is 0 Å². The van der Waals surface area contributed by atoms with Gasteiger partial charge in [-0.3, -0.25) is 5.10 Å². The predicted octanol–water partition coefficient (Wildman–Crippen LogP) is 1.10. The molecule has 1 N–H and O–H groups in total. The summed E-state index contributed by atoms with van der Waals surface area (Å²) in [5.74, 6) is 0.997. The molecule has 0 aromatic carbocycles.